The molecule has 11 heteroatoms. The van der Waals surface area contributed by atoms with Crippen LogP contribution < -0.4 is 0 Å². The van der Waals surface area contributed by atoms with E-state index >= 15 is 0 Å². The molecule has 0 saturated heterocycles. The molecule has 654 valence electrons. The van der Waals surface area contributed by atoms with Crippen molar-refractivity contribution in [1.82, 2.24) is 53.6 Å². The fourth-order valence-corrected chi connectivity index (χ4v) is 21.7. The maximum atomic E-state index is 5.16. The van der Waals surface area contributed by atoms with E-state index in [9.17, 15) is 0 Å². The van der Waals surface area contributed by atoms with Gasteiger partial charge in [-0.15, -0.1) is 0 Å². The molecule has 0 fully saturated rings. The van der Waals surface area contributed by atoms with Crippen molar-refractivity contribution in [1.29, 1.82) is 0 Å². The van der Waals surface area contributed by atoms with Gasteiger partial charge in [-0.25, -0.2) is 29.9 Å². The van der Waals surface area contributed by atoms with Crippen molar-refractivity contribution in [2.75, 3.05) is 0 Å². The third-order valence-corrected chi connectivity index (χ3v) is 28.5. The molecule has 0 unspecified atom stereocenters. The zero-order valence-electron chi connectivity index (χ0n) is 77.1. The van der Waals surface area contributed by atoms with Crippen LogP contribution in [0.1, 0.15) is 74.9 Å². The van der Waals surface area contributed by atoms with Gasteiger partial charge in [0, 0.05) is 104 Å². The predicted molar refractivity (Wildman–Crippen MR) is 566 cm³/mol. The molecule has 11 nitrogen and oxygen atoms in total. The SMILES string of the molecule is CC1(C)c2ccccc2-c2cc3c(cc21)c1ccccc1n3-c1ccc(-c2nc(-c3ccccc3)nc(-c3ccccc3)n2)cc1.CC1(C)c2ccccc2-c2cc3c4cc(-c5ccccc5)ccc4n(-c4nc(-c5ccccc5)nc(-c5ccccc5)n4)c3cc21.CC1(C)c2ccccc2-c2ccc3c4ccccc4n(-c4ccc(-c5nc(-c6ccccc6)cc(-c6ccccc6)n5)cc4)c3c21. The molecule has 0 spiro atoms. The number of aromatic nitrogens is 11. The molecule has 0 radical (unpaired) electrons. The molecule has 0 aliphatic heterocycles. The van der Waals surface area contributed by atoms with Crippen LogP contribution in [0, 0.1) is 0 Å². The average molecular weight is 1770 g/mol. The molecule has 3 aliphatic carbocycles. The van der Waals surface area contributed by atoms with Gasteiger partial charge in [0.05, 0.1) is 44.5 Å². The lowest BCUT2D eigenvalue weighted by Crippen LogP contribution is -2.16. The first kappa shape index (κ1) is 82.4. The molecule has 6 heterocycles. The highest BCUT2D eigenvalue weighted by Gasteiger charge is 2.41. The topological polar surface area (TPSA) is 118 Å². The summed E-state index contributed by atoms with van der Waals surface area (Å²) in [5.74, 6) is 4.59. The van der Waals surface area contributed by atoms with Crippen molar-refractivity contribution >= 4 is 65.4 Å². The van der Waals surface area contributed by atoms with Crippen LogP contribution in [-0.4, -0.2) is 53.6 Å². The summed E-state index contributed by atoms with van der Waals surface area (Å²) in [6, 6.07) is 156. The smallest absolute Gasteiger partial charge is 0.238 e. The summed E-state index contributed by atoms with van der Waals surface area (Å²) in [7, 11) is 0. The molecule has 0 amide bonds. The van der Waals surface area contributed by atoms with Crippen molar-refractivity contribution in [3.63, 3.8) is 0 Å². The summed E-state index contributed by atoms with van der Waals surface area (Å²) in [5.41, 5.74) is 37.2. The van der Waals surface area contributed by atoms with Crippen molar-refractivity contribution < 1.29 is 0 Å². The Bertz CT molecular complexity index is 8720. The summed E-state index contributed by atoms with van der Waals surface area (Å²) < 4.78 is 7.08. The summed E-state index contributed by atoms with van der Waals surface area (Å²) >= 11 is 0. The minimum Gasteiger partial charge on any atom is -0.309 e. The van der Waals surface area contributed by atoms with Crippen LogP contribution >= 0.6 is 0 Å². The van der Waals surface area contributed by atoms with Crippen LogP contribution in [0.5, 0.6) is 0 Å². The minimum atomic E-state index is -0.139. The monoisotopic (exact) mass is 1770 g/mol. The molecule has 138 heavy (non-hydrogen) atoms. The fourth-order valence-electron chi connectivity index (χ4n) is 21.7. The molecule has 0 atom stereocenters. The van der Waals surface area contributed by atoms with Crippen LogP contribution in [0.3, 0.4) is 0 Å². The molecule has 0 bridgehead atoms. The molecule has 24 aromatic rings. The summed E-state index contributed by atoms with van der Waals surface area (Å²) in [4.78, 5) is 40.1. The van der Waals surface area contributed by atoms with Crippen LogP contribution in [0.2, 0.25) is 0 Å². The highest BCUT2D eigenvalue weighted by molar-refractivity contribution is 6.15. The van der Waals surface area contributed by atoms with E-state index in [2.05, 4.69) is 389 Å². The molecule has 27 rings (SSSR count). The first-order valence-corrected chi connectivity index (χ1v) is 47.3. The van der Waals surface area contributed by atoms with E-state index in [0.717, 1.165) is 78.3 Å². The molecule has 3 aliphatic rings. The van der Waals surface area contributed by atoms with Gasteiger partial charge in [-0.05, 0) is 181 Å². The Balaban J connectivity index is 0.000000110. The Morgan fingerprint density at radius 1 is 0.174 bits per heavy atom. The first-order chi connectivity index (χ1) is 67.7. The standard InChI is InChI=1S/C43H31N3.2C42H30N4/c1-43(2)36-19-11-9-17-32(36)34-25-26-35-33-18-10-12-20-39(33)46(41(35)40(34)43)31-23-21-30(22-24-31)42-44-37(28-13-5-3-6-14-28)27-38(45-42)29-15-7-4-8-16-29;1-42(2)35-21-13-12-20-31(35)32-25-34-33-24-30(27-14-6-3-7-15-27)22-23-37(33)46(38(34)26-36(32)42)41-44-39(28-16-8-4-9-17-28)43-40(45-41)29-18-10-5-11-19-29;1-42(2)35-19-11-9-17-31(35)33-26-38-34(25-36(33)42)32-18-10-12-20-37(32)46(38)30-23-21-29(22-24-30)41-44-39(27-13-5-3-6-14-27)43-40(45-41)28-15-7-4-8-16-28/h3-27H,1-2H3;2*3-26H,1-2H3. The van der Waals surface area contributed by atoms with E-state index in [1.807, 2.05) is 109 Å². The minimum absolute atomic E-state index is 0.0489. The van der Waals surface area contributed by atoms with Crippen LogP contribution in [0.4, 0.5) is 0 Å². The Hall–Kier alpha value is -17.5. The van der Waals surface area contributed by atoms with Gasteiger partial charge in [0.1, 0.15) is 0 Å². The average Bonchev–Trinajstić information content (AvgIpc) is 1.54. The van der Waals surface area contributed by atoms with Crippen molar-refractivity contribution in [2.24, 2.45) is 0 Å². The zero-order chi connectivity index (χ0) is 92.5. The van der Waals surface area contributed by atoms with Crippen molar-refractivity contribution in [3.05, 3.63) is 476 Å². The van der Waals surface area contributed by atoms with Crippen LogP contribution in [0.25, 0.3) is 218 Å². The highest BCUT2D eigenvalue weighted by atomic mass is 15.2. The van der Waals surface area contributed by atoms with Gasteiger partial charge in [-0.3, -0.25) is 4.57 Å². The lowest BCUT2D eigenvalue weighted by molar-refractivity contribution is 0.661. The quantitative estimate of drug-likeness (QED) is 0.119. The van der Waals surface area contributed by atoms with Crippen molar-refractivity contribution in [2.45, 2.75) is 57.8 Å². The van der Waals surface area contributed by atoms with E-state index in [1.165, 1.54) is 132 Å². The Labute approximate surface area is 800 Å². The van der Waals surface area contributed by atoms with Gasteiger partial charge in [-0.2, -0.15) is 9.97 Å². The van der Waals surface area contributed by atoms with Gasteiger partial charge >= 0.3 is 0 Å². The number of para-hydroxylation sites is 2. The lowest BCUT2D eigenvalue weighted by Gasteiger charge is -2.23. The normalized spacial score (nSPS) is 13.2. The Kier molecular flexibility index (Phi) is 19.7. The summed E-state index contributed by atoms with van der Waals surface area (Å²) in [6.07, 6.45) is 0. The van der Waals surface area contributed by atoms with E-state index < -0.39 is 0 Å². The predicted octanol–water partition coefficient (Wildman–Crippen LogP) is 31.4. The number of benzene rings is 18. The van der Waals surface area contributed by atoms with E-state index in [4.69, 9.17) is 39.9 Å². The molecule has 0 saturated carbocycles. The van der Waals surface area contributed by atoms with Gasteiger partial charge < -0.3 is 9.13 Å². The van der Waals surface area contributed by atoms with Crippen LogP contribution in [0.15, 0.2) is 443 Å². The summed E-state index contributed by atoms with van der Waals surface area (Å²) in [6.45, 7) is 14.1. The van der Waals surface area contributed by atoms with Crippen molar-refractivity contribution in [3.8, 4) is 153 Å². The Morgan fingerprint density at radius 2 is 0.507 bits per heavy atom. The van der Waals surface area contributed by atoms with Gasteiger partial charge in [0.15, 0.2) is 34.9 Å². The number of hydrogen-bond donors (Lipinski definition) is 0. The second kappa shape index (κ2) is 33.0. The first-order valence-electron chi connectivity index (χ1n) is 47.3. The highest BCUT2D eigenvalue weighted by Crippen LogP contribution is 2.56. The molecular formula is C127H91N11. The Morgan fingerprint density at radius 3 is 0.993 bits per heavy atom. The number of fused-ring (bicyclic) bond motifs is 19. The fraction of sp³-hybridized carbons (Fsp3) is 0.0709. The third kappa shape index (κ3) is 13.9. The molecule has 0 N–H and O–H groups in total. The maximum Gasteiger partial charge on any atom is 0.238 e. The maximum absolute atomic E-state index is 5.16. The van der Waals surface area contributed by atoms with Gasteiger partial charge in [0.25, 0.3) is 0 Å². The van der Waals surface area contributed by atoms with Crippen LogP contribution in [-0.2, 0) is 16.2 Å². The second-order valence-corrected chi connectivity index (χ2v) is 37.7. The molecule has 18 aromatic carbocycles. The van der Waals surface area contributed by atoms with E-state index in [1.54, 1.807) is 0 Å². The molecular weight excluding hydrogens is 1680 g/mol. The third-order valence-electron chi connectivity index (χ3n) is 28.5. The zero-order valence-corrected chi connectivity index (χ0v) is 77.1. The number of hydrogen-bond acceptors (Lipinski definition) is 8. The van der Waals surface area contributed by atoms with Gasteiger partial charge in [0.2, 0.25) is 5.95 Å². The second-order valence-electron chi connectivity index (χ2n) is 37.7. The summed E-state index contributed by atoms with van der Waals surface area (Å²) in [5, 5.41) is 7.44. The number of rotatable bonds is 12. The lowest BCUT2D eigenvalue weighted by atomic mass is 9.81. The number of nitrogens with zero attached hydrogens (tertiary/aromatic N) is 11. The van der Waals surface area contributed by atoms with E-state index in [-0.39, 0.29) is 16.2 Å². The molecule has 6 aromatic heterocycles. The van der Waals surface area contributed by atoms with Gasteiger partial charge in [-0.1, -0.05) is 381 Å². The van der Waals surface area contributed by atoms with E-state index in [0.29, 0.717) is 40.9 Å². The largest absolute Gasteiger partial charge is 0.309 e.